The summed E-state index contributed by atoms with van der Waals surface area (Å²) in [6, 6.07) is -0.854. The SMILES string of the molecule is COC(=O)C1C[C@@H](C(=O)OC(C)(C)C)N(C(=O)OC(C)(C)C)C1. The molecule has 0 aromatic carbocycles. The predicted octanol–water partition coefficient (Wildman–Crippen LogP) is 2.13. The Morgan fingerprint density at radius 2 is 1.43 bits per heavy atom. The average Bonchev–Trinajstić information content (AvgIpc) is 2.78. The summed E-state index contributed by atoms with van der Waals surface area (Å²) < 4.78 is 15.4. The summed E-state index contributed by atoms with van der Waals surface area (Å²) in [5.41, 5.74) is -1.38. The van der Waals surface area contributed by atoms with Crippen LogP contribution in [0.25, 0.3) is 0 Å². The first-order valence-corrected chi connectivity index (χ1v) is 7.64. The molecule has 1 saturated heterocycles. The summed E-state index contributed by atoms with van der Waals surface area (Å²) in [6.45, 7) is 10.5. The molecule has 0 bridgehead atoms. The lowest BCUT2D eigenvalue weighted by Gasteiger charge is -2.29. The van der Waals surface area contributed by atoms with E-state index in [1.54, 1.807) is 41.5 Å². The van der Waals surface area contributed by atoms with Gasteiger partial charge in [0.15, 0.2) is 0 Å². The molecule has 0 N–H and O–H groups in total. The highest BCUT2D eigenvalue weighted by atomic mass is 16.6. The standard InChI is InChI=1S/C16H27NO6/c1-15(2,3)22-13(19)11-8-10(12(18)21-7)9-17(11)14(20)23-16(4,5)6/h10-11H,8-9H2,1-7H3/t10?,11-/m0/s1. The van der Waals surface area contributed by atoms with Gasteiger partial charge in [0.05, 0.1) is 13.0 Å². The van der Waals surface area contributed by atoms with E-state index < -0.39 is 41.2 Å². The average molecular weight is 329 g/mol. The third-order valence-electron chi connectivity index (χ3n) is 3.14. The number of rotatable bonds is 2. The van der Waals surface area contributed by atoms with E-state index >= 15 is 0 Å². The van der Waals surface area contributed by atoms with Crippen LogP contribution < -0.4 is 0 Å². The largest absolute Gasteiger partial charge is 0.469 e. The van der Waals surface area contributed by atoms with Crippen molar-refractivity contribution in [3.8, 4) is 0 Å². The maximum absolute atomic E-state index is 12.4. The minimum absolute atomic E-state index is 0.0749. The van der Waals surface area contributed by atoms with E-state index in [0.29, 0.717) is 0 Å². The van der Waals surface area contributed by atoms with Crippen molar-refractivity contribution in [3.63, 3.8) is 0 Å². The van der Waals surface area contributed by atoms with Crippen molar-refractivity contribution in [3.05, 3.63) is 0 Å². The molecule has 1 fully saturated rings. The van der Waals surface area contributed by atoms with Crippen molar-refractivity contribution < 1.29 is 28.6 Å². The van der Waals surface area contributed by atoms with E-state index in [1.165, 1.54) is 12.0 Å². The van der Waals surface area contributed by atoms with Gasteiger partial charge in [0, 0.05) is 6.54 Å². The van der Waals surface area contributed by atoms with E-state index in [9.17, 15) is 14.4 Å². The van der Waals surface area contributed by atoms with Gasteiger partial charge in [-0.05, 0) is 48.0 Å². The molecule has 0 aromatic rings. The van der Waals surface area contributed by atoms with Gasteiger partial charge in [-0.1, -0.05) is 0 Å². The van der Waals surface area contributed by atoms with E-state index in [0.717, 1.165) is 0 Å². The molecule has 7 heteroatoms. The first kappa shape index (κ1) is 19.3. The molecule has 0 aliphatic carbocycles. The number of ether oxygens (including phenoxy) is 3. The summed E-state index contributed by atoms with van der Waals surface area (Å²) in [4.78, 5) is 37.7. The third kappa shape index (κ3) is 5.73. The van der Waals surface area contributed by atoms with Crippen LogP contribution in [0.5, 0.6) is 0 Å². The number of methoxy groups -OCH3 is 1. The number of nitrogens with zero attached hydrogens (tertiary/aromatic N) is 1. The lowest BCUT2D eigenvalue weighted by Crippen LogP contribution is -2.45. The Kier molecular flexibility index (Phi) is 5.66. The van der Waals surface area contributed by atoms with Crippen molar-refractivity contribution in [1.29, 1.82) is 0 Å². The number of likely N-dealkylation sites (tertiary alicyclic amines) is 1. The van der Waals surface area contributed by atoms with Crippen LogP contribution in [0.2, 0.25) is 0 Å². The fourth-order valence-corrected chi connectivity index (χ4v) is 2.29. The zero-order valence-electron chi connectivity index (χ0n) is 15.0. The molecule has 1 aliphatic rings. The van der Waals surface area contributed by atoms with E-state index in [2.05, 4.69) is 0 Å². The maximum Gasteiger partial charge on any atom is 0.411 e. The first-order chi connectivity index (χ1) is 10.3. The van der Waals surface area contributed by atoms with Crippen LogP contribution in [-0.4, -0.2) is 53.8 Å². The molecule has 1 amide bonds. The molecule has 23 heavy (non-hydrogen) atoms. The molecule has 7 nitrogen and oxygen atoms in total. The smallest absolute Gasteiger partial charge is 0.411 e. The summed E-state index contributed by atoms with van der Waals surface area (Å²) >= 11 is 0. The number of hydrogen-bond donors (Lipinski definition) is 0. The second-order valence-electron chi connectivity index (χ2n) is 7.64. The molecular formula is C16H27NO6. The highest BCUT2D eigenvalue weighted by molar-refractivity contribution is 5.85. The minimum atomic E-state index is -0.854. The fraction of sp³-hybridized carbons (Fsp3) is 0.812. The van der Waals surface area contributed by atoms with Gasteiger partial charge in [0.25, 0.3) is 0 Å². The quantitative estimate of drug-likeness (QED) is 0.570. The zero-order chi connectivity index (χ0) is 18.0. The summed E-state index contributed by atoms with van der Waals surface area (Å²) in [5.74, 6) is -1.57. The molecule has 2 atom stereocenters. The van der Waals surface area contributed by atoms with Crippen LogP contribution in [0.4, 0.5) is 4.79 Å². The van der Waals surface area contributed by atoms with Crippen LogP contribution in [0.1, 0.15) is 48.0 Å². The summed E-state index contributed by atoms with van der Waals surface area (Å²) in [5, 5.41) is 0. The molecule has 1 rings (SSSR count). The maximum atomic E-state index is 12.4. The van der Waals surface area contributed by atoms with Gasteiger partial charge in [-0.25, -0.2) is 9.59 Å². The lowest BCUT2D eigenvalue weighted by molar-refractivity contribution is -0.160. The van der Waals surface area contributed by atoms with Gasteiger partial charge in [0.1, 0.15) is 17.2 Å². The highest BCUT2D eigenvalue weighted by Gasteiger charge is 2.46. The normalized spacial score (nSPS) is 21.8. The minimum Gasteiger partial charge on any atom is -0.469 e. The van der Waals surface area contributed by atoms with Crippen molar-refractivity contribution in [2.75, 3.05) is 13.7 Å². The van der Waals surface area contributed by atoms with Gasteiger partial charge in [0.2, 0.25) is 0 Å². The fourth-order valence-electron chi connectivity index (χ4n) is 2.29. The Balaban J connectivity index is 2.95. The van der Waals surface area contributed by atoms with Crippen LogP contribution in [0, 0.1) is 5.92 Å². The van der Waals surface area contributed by atoms with Gasteiger partial charge < -0.3 is 14.2 Å². The van der Waals surface area contributed by atoms with E-state index in [1.807, 2.05) is 0 Å². The van der Waals surface area contributed by atoms with E-state index in [-0.39, 0.29) is 13.0 Å². The Bertz CT molecular complexity index is 438. The molecule has 0 spiro atoms. The molecule has 1 heterocycles. The lowest BCUT2D eigenvalue weighted by atomic mass is 10.1. The topological polar surface area (TPSA) is 82.1 Å². The number of hydrogen-bond acceptors (Lipinski definition) is 6. The van der Waals surface area contributed by atoms with Crippen LogP contribution in [0.3, 0.4) is 0 Å². The molecule has 0 saturated carbocycles. The van der Waals surface area contributed by atoms with Crippen LogP contribution >= 0.6 is 0 Å². The second-order valence-corrected chi connectivity index (χ2v) is 7.64. The highest BCUT2D eigenvalue weighted by Crippen LogP contribution is 2.28. The first-order valence-electron chi connectivity index (χ1n) is 7.64. The number of carbonyl (C=O) groups excluding carboxylic acids is 3. The Hall–Kier alpha value is -1.79. The van der Waals surface area contributed by atoms with Crippen LogP contribution in [0.15, 0.2) is 0 Å². The van der Waals surface area contributed by atoms with Crippen molar-refractivity contribution in [2.45, 2.75) is 65.2 Å². The van der Waals surface area contributed by atoms with Gasteiger partial charge in [-0.15, -0.1) is 0 Å². The molecule has 132 valence electrons. The van der Waals surface area contributed by atoms with Crippen molar-refractivity contribution in [2.24, 2.45) is 5.92 Å². The Morgan fingerprint density at radius 3 is 1.87 bits per heavy atom. The van der Waals surface area contributed by atoms with Gasteiger partial charge >= 0.3 is 18.0 Å². The number of carbonyl (C=O) groups is 3. The molecule has 1 aliphatic heterocycles. The Labute approximate surface area is 137 Å². The number of amides is 1. The van der Waals surface area contributed by atoms with Gasteiger partial charge in [-0.3, -0.25) is 9.69 Å². The predicted molar refractivity (Wildman–Crippen MR) is 82.7 cm³/mol. The van der Waals surface area contributed by atoms with Crippen LogP contribution in [-0.2, 0) is 23.8 Å². The molecule has 0 radical (unpaired) electrons. The monoisotopic (exact) mass is 329 g/mol. The number of esters is 2. The molecular weight excluding hydrogens is 302 g/mol. The molecule has 1 unspecified atom stereocenters. The van der Waals surface area contributed by atoms with Gasteiger partial charge in [-0.2, -0.15) is 0 Å². The van der Waals surface area contributed by atoms with E-state index in [4.69, 9.17) is 14.2 Å². The summed E-state index contributed by atoms with van der Waals surface area (Å²) in [6.07, 6.45) is -0.472. The third-order valence-corrected chi connectivity index (χ3v) is 3.14. The van der Waals surface area contributed by atoms with Crippen molar-refractivity contribution >= 4 is 18.0 Å². The van der Waals surface area contributed by atoms with Crippen molar-refractivity contribution in [1.82, 2.24) is 4.90 Å². The molecule has 0 aromatic heterocycles. The zero-order valence-corrected chi connectivity index (χ0v) is 15.0. The Morgan fingerprint density at radius 1 is 0.913 bits per heavy atom. The second kappa shape index (κ2) is 6.76. The summed E-state index contributed by atoms with van der Waals surface area (Å²) in [7, 11) is 1.28.